The number of benzene rings is 1. The van der Waals surface area contributed by atoms with E-state index >= 15 is 0 Å². The maximum Gasteiger partial charge on any atom is 0.224 e. The molecular weight excluding hydrogens is 300 g/mol. The van der Waals surface area contributed by atoms with Crippen molar-refractivity contribution in [1.82, 2.24) is 5.32 Å². The molecule has 3 rings (SSSR count). The summed E-state index contributed by atoms with van der Waals surface area (Å²) in [4.78, 5) is 12.2. The molecule has 0 aromatic heterocycles. The standard InChI is InChI=1S/C16H22N2O5/c17-4-5-21-11-3-1-2-10(6-11)7-14(20)18-12-8-22-16-13(19)9-23-15(12)16/h1-3,6,12-13,15-16,19H,4-5,7-9,17H2,(H,18,20)/t12-,13-,15-,16-/m1/s1. The molecule has 2 saturated heterocycles. The van der Waals surface area contributed by atoms with Crippen LogP contribution in [0.2, 0.25) is 0 Å². The number of nitrogens with one attached hydrogen (secondary N) is 1. The van der Waals surface area contributed by atoms with E-state index in [0.29, 0.717) is 25.5 Å². The molecule has 4 atom stereocenters. The molecule has 4 N–H and O–H groups in total. The number of aliphatic hydroxyl groups excluding tert-OH is 1. The number of carbonyl (C=O) groups excluding carboxylic acids is 1. The van der Waals surface area contributed by atoms with Crippen molar-refractivity contribution in [2.24, 2.45) is 5.73 Å². The number of hydrogen-bond acceptors (Lipinski definition) is 6. The number of rotatable bonds is 6. The molecule has 2 aliphatic rings. The van der Waals surface area contributed by atoms with Gasteiger partial charge in [-0.05, 0) is 17.7 Å². The fourth-order valence-corrected chi connectivity index (χ4v) is 2.97. The van der Waals surface area contributed by atoms with Gasteiger partial charge in [0, 0.05) is 6.54 Å². The summed E-state index contributed by atoms with van der Waals surface area (Å²) in [7, 11) is 0. The Morgan fingerprint density at radius 2 is 2.17 bits per heavy atom. The van der Waals surface area contributed by atoms with Crippen LogP contribution in [0, 0.1) is 0 Å². The summed E-state index contributed by atoms with van der Waals surface area (Å²) < 4.78 is 16.4. The van der Waals surface area contributed by atoms with Crippen LogP contribution >= 0.6 is 0 Å². The first kappa shape index (κ1) is 16.2. The molecule has 2 aliphatic heterocycles. The fourth-order valence-electron chi connectivity index (χ4n) is 2.97. The Balaban J connectivity index is 1.53. The summed E-state index contributed by atoms with van der Waals surface area (Å²) in [5.41, 5.74) is 6.27. The van der Waals surface area contributed by atoms with E-state index in [1.165, 1.54) is 0 Å². The van der Waals surface area contributed by atoms with Crippen LogP contribution in [0.15, 0.2) is 24.3 Å². The maximum atomic E-state index is 12.2. The molecule has 0 saturated carbocycles. The van der Waals surface area contributed by atoms with E-state index in [1.54, 1.807) is 0 Å². The van der Waals surface area contributed by atoms with Gasteiger partial charge in [0.1, 0.15) is 30.7 Å². The fraction of sp³-hybridized carbons (Fsp3) is 0.562. The van der Waals surface area contributed by atoms with Crippen LogP contribution in [0.1, 0.15) is 5.56 Å². The minimum Gasteiger partial charge on any atom is -0.492 e. The van der Waals surface area contributed by atoms with E-state index < -0.39 is 6.10 Å². The number of carbonyl (C=O) groups is 1. The smallest absolute Gasteiger partial charge is 0.224 e. The topological polar surface area (TPSA) is 103 Å². The lowest BCUT2D eigenvalue weighted by atomic mass is 10.1. The largest absolute Gasteiger partial charge is 0.492 e. The molecule has 0 unspecified atom stereocenters. The second-order valence-corrected chi connectivity index (χ2v) is 5.80. The number of aliphatic hydroxyl groups is 1. The normalized spacial score (nSPS) is 29.3. The van der Waals surface area contributed by atoms with Crippen molar-refractivity contribution in [3.8, 4) is 5.75 Å². The summed E-state index contributed by atoms with van der Waals surface area (Å²) in [6.45, 7) is 1.50. The van der Waals surface area contributed by atoms with Gasteiger partial charge in [-0.2, -0.15) is 0 Å². The lowest BCUT2D eigenvalue weighted by Gasteiger charge is -2.17. The van der Waals surface area contributed by atoms with Crippen LogP contribution in [0.3, 0.4) is 0 Å². The van der Waals surface area contributed by atoms with E-state index in [-0.39, 0.29) is 37.2 Å². The monoisotopic (exact) mass is 322 g/mol. The second kappa shape index (κ2) is 7.27. The van der Waals surface area contributed by atoms with Gasteiger partial charge in [0.05, 0.1) is 25.7 Å². The molecule has 7 heteroatoms. The third-order valence-corrected chi connectivity index (χ3v) is 4.02. The zero-order valence-corrected chi connectivity index (χ0v) is 12.8. The summed E-state index contributed by atoms with van der Waals surface area (Å²) in [6.07, 6.45) is -0.976. The molecule has 0 radical (unpaired) electrons. The second-order valence-electron chi connectivity index (χ2n) is 5.80. The van der Waals surface area contributed by atoms with Gasteiger partial charge < -0.3 is 30.4 Å². The Bertz CT molecular complexity index is 553. The molecule has 1 aromatic rings. The molecule has 2 fully saturated rings. The van der Waals surface area contributed by atoms with Crippen molar-refractivity contribution in [1.29, 1.82) is 0 Å². The highest BCUT2D eigenvalue weighted by atomic mass is 16.6. The van der Waals surface area contributed by atoms with E-state index in [0.717, 1.165) is 5.56 Å². The number of ether oxygens (including phenoxy) is 3. The van der Waals surface area contributed by atoms with Crippen molar-refractivity contribution in [2.45, 2.75) is 30.8 Å². The lowest BCUT2D eigenvalue weighted by Crippen LogP contribution is -2.44. The van der Waals surface area contributed by atoms with Crippen molar-refractivity contribution < 1.29 is 24.1 Å². The average Bonchev–Trinajstić information content (AvgIpc) is 3.10. The van der Waals surface area contributed by atoms with Gasteiger partial charge in [-0.15, -0.1) is 0 Å². The van der Waals surface area contributed by atoms with E-state index in [4.69, 9.17) is 19.9 Å². The van der Waals surface area contributed by atoms with Crippen LogP contribution in [0.4, 0.5) is 0 Å². The molecular formula is C16H22N2O5. The van der Waals surface area contributed by atoms with Gasteiger partial charge in [-0.3, -0.25) is 4.79 Å². The quantitative estimate of drug-likeness (QED) is 0.634. The van der Waals surface area contributed by atoms with Crippen LogP contribution in [-0.2, 0) is 20.7 Å². The molecule has 0 aliphatic carbocycles. The Kier molecular flexibility index (Phi) is 5.12. The number of nitrogens with two attached hydrogens (primary N) is 1. The maximum absolute atomic E-state index is 12.2. The van der Waals surface area contributed by atoms with Crippen LogP contribution < -0.4 is 15.8 Å². The summed E-state index contributed by atoms with van der Waals surface area (Å²) >= 11 is 0. The number of hydrogen-bond donors (Lipinski definition) is 3. The molecule has 0 bridgehead atoms. The number of amides is 1. The Labute approximate surface area is 134 Å². The van der Waals surface area contributed by atoms with Crippen molar-refractivity contribution in [2.75, 3.05) is 26.4 Å². The van der Waals surface area contributed by atoms with Crippen molar-refractivity contribution in [3.63, 3.8) is 0 Å². The molecule has 1 amide bonds. The highest BCUT2D eigenvalue weighted by Gasteiger charge is 2.47. The van der Waals surface area contributed by atoms with E-state index in [9.17, 15) is 9.90 Å². The molecule has 2 heterocycles. The Morgan fingerprint density at radius 1 is 1.35 bits per heavy atom. The molecule has 1 aromatic carbocycles. The SMILES string of the molecule is NCCOc1cccc(CC(=O)N[C@@H]2CO[C@H]3[C@@H]2OC[C@H]3O)c1. The molecule has 0 spiro atoms. The summed E-state index contributed by atoms with van der Waals surface area (Å²) in [5.74, 6) is 0.590. The zero-order valence-electron chi connectivity index (χ0n) is 12.8. The highest BCUT2D eigenvalue weighted by Crippen LogP contribution is 2.27. The first-order chi connectivity index (χ1) is 11.2. The minimum atomic E-state index is -0.613. The van der Waals surface area contributed by atoms with Gasteiger partial charge in [0.15, 0.2) is 0 Å². The van der Waals surface area contributed by atoms with Crippen LogP contribution in [-0.4, -0.2) is 61.7 Å². The Hall–Kier alpha value is -1.67. The Morgan fingerprint density at radius 3 is 3.00 bits per heavy atom. The average molecular weight is 322 g/mol. The summed E-state index contributed by atoms with van der Waals surface area (Å²) in [6, 6.07) is 7.17. The van der Waals surface area contributed by atoms with Crippen molar-refractivity contribution in [3.05, 3.63) is 29.8 Å². The number of fused-ring (bicyclic) bond motifs is 1. The molecule has 126 valence electrons. The molecule has 7 nitrogen and oxygen atoms in total. The van der Waals surface area contributed by atoms with E-state index in [2.05, 4.69) is 5.32 Å². The minimum absolute atomic E-state index is 0.111. The predicted molar refractivity (Wildman–Crippen MR) is 82.1 cm³/mol. The van der Waals surface area contributed by atoms with Crippen LogP contribution in [0.25, 0.3) is 0 Å². The van der Waals surface area contributed by atoms with Crippen molar-refractivity contribution >= 4 is 5.91 Å². The first-order valence-corrected chi connectivity index (χ1v) is 7.80. The van der Waals surface area contributed by atoms with Gasteiger partial charge in [-0.25, -0.2) is 0 Å². The third-order valence-electron chi connectivity index (χ3n) is 4.02. The summed E-state index contributed by atoms with van der Waals surface area (Å²) in [5, 5.41) is 12.6. The van der Waals surface area contributed by atoms with E-state index in [1.807, 2.05) is 24.3 Å². The van der Waals surface area contributed by atoms with Gasteiger partial charge >= 0.3 is 0 Å². The van der Waals surface area contributed by atoms with Crippen LogP contribution in [0.5, 0.6) is 5.75 Å². The van der Waals surface area contributed by atoms with Gasteiger partial charge in [0.2, 0.25) is 5.91 Å². The third kappa shape index (κ3) is 3.81. The first-order valence-electron chi connectivity index (χ1n) is 7.80. The van der Waals surface area contributed by atoms with Gasteiger partial charge in [0.25, 0.3) is 0 Å². The lowest BCUT2D eigenvalue weighted by molar-refractivity contribution is -0.121. The zero-order chi connectivity index (χ0) is 16.2. The van der Waals surface area contributed by atoms with Gasteiger partial charge in [-0.1, -0.05) is 12.1 Å². The predicted octanol–water partition coefficient (Wildman–Crippen LogP) is -0.790. The molecule has 23 heavy (non-hydrogen) atoms. The highest BCUT2D eigenvalue weighted by molar-refractivity contribution is 5.79.